The summed E-state index contributed by atoms with van der Waals surface area (Å²) in [7, 11) is 0. The molecule has 1 aromatic carbocycles. The van der Waals surface area contributed by atoms with E-state index in [1.807, 2.05) is 6.92 Å². The molecule has 0 atom stereocenters. The summed E-state index contributed by atoms with van der Waals surface area (Å²) in [5, 5.41) is 4.45. The second kappa shape index (κ2) is 6.00. The highest BCUT2D eigenvalue weighted by atomic mass is 35.5. The van der Waals surface area contributed by atoms with Crippen LogP contribution in [0.15, 0.2) is 29.4 Å². The largest absolute Gasteiger partial charge is 0.361 e. The summed E-state index contributed by atoms with van der Waals surface area (Å²) in [4.78, 5) is 21.4. The number of hydrazone groups is 1. The van der Waals surface area contributed by atoms with Gasteiger partial charge in [-0.15, -0.1) is 0 Å². The number of primary amides is 1. The number of rotatable bonds is 3. The van der Waals surface area contributed by atoms with Gasteiger partial charge in [0.25, 0.3) is 0 Å². The number of nitrogens with two attached hydrogens (primary N) is 1. The number of carbonyl (C=O) groups excluding carboxylic acids is 2. The fourth-order valence-corrected chi connectivity index (χ4v) is 1.29. The summed E-state index contributed by atoms with van der Waals surface area (Å²) in [6, 6.07) is 7.00. The van der Waals surface area contributed by atoms with E-state index in [-0.39, 0.29) is 0 Å². The number of amides is 2. The first-order chi connectivity index (χ1) is 8.04. The molecular formula is C11H12ClN3O2. The lowest BCUT2D eigenvalue weighted by Gasteiger charge is -2.04. The Morgan fingerprint density at radius 2 is 1.94 bits per heavy atom. The maximum absolute atomic E-state index is 10.9. The zero-order valence-corrected chi connectivity index (χ0v) is 9.99. The van der Waals surface area contributed by atoms with E-state index < -0.39 is 11.8 Å². The molecule has 0 aromatic heterocycles. The Labute approximate surface area is 104 Å². The second-order valence-electron chi connectivity index (χ2n) is 3.22. The summed E-state index contributed by atoms with van der Waals surface area (Å²) in [6.07, 6.45) is 0.598. The van der Waals surface area contributed by atoms with Crippen molar-refractivity contribution in [3.63, 3.8) is 0 Å². The van der Waals surface area contributed by atoms with Gasteiger partial charge < -0.3 is 5.73 Å². The molecule has 0 fully saturated rings. The third kappa shape index (κ3) is 3.88. The quantitative estimate of drug-likeness (QED) is 0.479. The summed E-state index contributed by atoms with van der Waals surface area (Å²) in [6.45, 7) is 1.88. The van der Waals surface area contributed by atoms with Gasteiger partial charge in [0.1, 0.15) is 0 Å². The number of benzene rings is 1. The Hall–Kier alpha value is -1.88. The number of halogens is 1. The van der Waals surface area contributed by atoms with E-state index >= 15 is 0 Å². The smallest absolute Gasteiger partial charge is 0.329 e. The number of hydrogen-bond donors (Lipinski definition) is 2. The molecule has 0 unspecified atom stereocenters. The van der Waals surface area contributed by atoms with Gasteiger partial charge in [0.15, 0.2) is 0 Å². The third-order valence-corrected chi connectivity index (χ3v) is 2.28. The molecule has 0 bridgehead atoms. The minimum absolute atomic E-state index is 0.598. The van der Waals surface area contributed by atoms with Crippen LogP contribution in [0.25, 0.3) is 0 Å². The summed E-state index contributed by atoms with van der Waals surface area (Å²) < 4.78 is 0. The van der Waals surface area contributed by atoms with E-state index in [1.54, 1.807) is 24.3 Å². The van der Waals surface area contributed by atoms with E-state index in [9.17, 15) is 9.59 Å². The minimum atomic E-state index is -1.07. The molecule has 0 aliphatic heterocycles. The monoisotopic (exact) mass is 253 g/mol. The van der Waals surface area contributed by atoms with Gasteiger partial charge in [-0.1, -0.05) is 30.7 Å². The van der Waals surface area contributed by atoms with Crippen LogP contribution in [0.2, 0.25) is 5.02 Å². The first-order valence-electron chi connectivity index (χ1n) is 4.97. The second-order valence-corrected chi connectivity index (χ2v) is 3.66. The van der Waals surface area contributed by atoms with Crippen LogP contribution in [0.3, 0.4) is 0 Å². The van der Waals surface area contributed by atoms with Crippen LogP contribution in [0, 0.1) is 0 Å². The van der Waals surface area contributed by atoms with Crippen molar-refractivity contribution in [1.29, 1.82) is 0 Å². The predicted molar refractivity (Wildman–Crippen MR) is 65.6 cm³/mol. The molecule has 0 aliphatic carbocycles. The molecule has 6 heteroatoms. The third-order valence-electron chi connectivity index (χ3n) is 2.03. The average molecular weight is 254 g/mol. The number of carbonyl (C=O) groups is 2. The SMILES string of the molecule is CC/C(=N\NC(=O)C(N)=O)c1ccc(Cl)cc1. The molecular weight excluding hydrogens is 242 g/mol. The normalized spacial score (nSPS) is 11.1. The van der Waals surface area contributed by atoms with E-state index in [2.05, 4.69) is 10.5 Å². The van der Waals surface area contributed by atoms with Crippen LogP contribution in [0.4, 0.5) is 0 Å². The number of nitrogens with one attached hydrogen (secondary N) is 1. The minimum Gasteiger partial charge on any atom is -0.361 e. The van der Waals surface area contributed by atoms with Gasteiger partial charge >= 0.3 is 11.8 Å². The Bertz CT molecular complexity index is 454. The molecule has 90 valence electrons. The van der Waals surface area contributed by atoms with Gasteiger partial charge in [0.2, 0.25) is 0 Å². The number of hydrogen-bond acceptors (Lipinski definition) is 3. The van der Waals surface area contributed by atoms with Crippen LogP contribution >= 0.6 is 11.6 Å². The molecule has 1 aromatic rings. The molecule has 17 heavy (non-hydrogen) atoms. The van der Waals surface area contributed by atoms with Crippen LogP contribution in [0.5, 0.6) is 0 Å². The summed E-state index contributed by atoms with van der Waals surface area (Å²) in [5.74, 6) is -2.01. The topological polar surface area (TPSA) is 84.6 Å². The lowest BCUT2D eigenvalue weighted by atomic mass is 10.1. The summed E-state index contributed by atoms with van der Waals surface area (Å²) >= 11 is 5.76. The van der Waals surface area contributed by atoms with Crippen molar-refractivity contribution in [2.75, 3.05) is 0 Å². The molecule has 0 heterocycles. The van der Waals surface area contributed by atoms with E-state index in [4.69, 9.17) is 17.3 Å². The molecule has 2 amide bonds. The van der Waals surface area contributed by atoms with Crippen molar-refractivity contribution in [2.45, 2.75) is 13.3 Å². The van der Waals surface area contributed by atoms with Crippen LogP contribution in [-0.4, -0.2) is 17.5 Å². The van der Waals surface area contributed by atoms with E-state index in [1.165, 1.54) is 0 Å². The Balaban J connectivity index is 2.84. The van der Waals surface area contributed by atoms with Crippen molar-refractivity contribution in [1.82, 2.24) is 5.43 Å². The average Bonchev–Trinajstić information content (AvgIpc) is 2.31. The molecule has 1 rings (SSSR count). The van der Waals surface area contributed by atoms with Crippen LogP contribution < -0.4 is 11.2 Å². The molecule has 0 saturated carbocycles. The van der Waals surface area contributed by atoms with Gasteiger partial charge in [0.05, 0.1) is 5.71 Å². The van der Waals surface area contributed by atoms with Gasteiger partial charge in [-0.25, -0.2) is 5.43 Å². The fourth-order valence-electron chi connectivity index (χ4n) is 1.16. The highest BCUT2D eigenvalue weighted by Gasteiger charge is 2.08. The fraction of sp³-hybridized carbons (Fsp3) is 0.182. The van der Waals surface area contributed by atoms with Crippen LogP contribution in [0.1, 0.15) is 18.9 Å². The molecule has 0 saturated heterocycles. The first kappa shape index (κ1) is 13.2. The highest BCUT2D eigenvalue weighted by Crippen LogP contribution is 2.11. The van der Waals surface area contributed by atoms with Crippen molar-refractivity contribution in [3.8, 4) is 0 Å². The van der Waals surface area contributed by atoms with E-state index in [0.717, 1.165) is 5.56 Å². The lowest BCUT2D eigenvalue weighted by Crippen LogP contribution is -2.33. The Kier molecular flexibility index (Phi) is 4.66. The predicted octanol–water partition coefficient (Wildman–Crippen LogP) is 1.06. The number of nitrogens with zero attached hydrogens (tertiary/aromatic N) is 1. The zero-order chi connectivity index (χ0) is 12.8. The van der Waals surface area contributed by atoms with Gasteiger partial charge in [-0.2, -0.15) is 5.10 Å². The standard InChI is InChI=1S/C11H12ClN3O2/c1-2-9(14-15-11(17)10(13)16)7-3-5-8(12)6-4-7/h3-6H,2H2,1H3,(H2,13,16)(H,15,17)/b14-9+. The Morgan fingerprint density at radius 3 is 2.41 bits per heavy atom. The molecule has 0 radical (unpaired) electrons. The van der Waals surface area contributed by atoms with Gasteiger partial charge in [0, 0.05) is 5.02 Å². The Morgan fingerprint density at radius 1 is 1.35 bits per heavy atom. The zero-order valence-electron chi connectivity index (χ0n) is 9.24. The highest BCUT2D eigenvalue weighted by molar-refractivity contribution is 6.34. The molecule has 0 aliphatic rings. The first-order valence-corrected chi connectivity index (χ1v) is 5.34. The molecule has 5 nitrogen and oxygen atoms in total. The maximum atomic E-state index is 10.9. The summed E-state index contributed by atoms with van der Waals surface area (Å²) in [5.41, 5.74) is 8.33. The van der Waals surface area contributed by atoms with Gasteiger partial charge in [-0.3, -0.25) is 9.59 Å². The maximum Gasteiger partial charge on any atom is 0.329 e. The molecule has 0 spiro atoms. The van der Waals surface area contributed by atoms with Gasteiger partial charge in [-0.05, 0) is 24.1 Å². The lowest BCUT2D eigenvalue weighted by molar-refractivity contribution is -0.137. The van der Waals surface area contributed by atoms with Crippen molar-refractivity contribution >= 4 is 29.1 Å². The van der Waals surface area contributed by atoms with E-state index in [0.29, 0.717) is 17.2 Å². The molecule has 3 N–H and O–H groups in total. The van der Waals surface area contributed by atoms with Crippen molar-refractivity contribution in [2.24, 2.45) is 10.8 Å². The van der Waals surface area contributed by atoms with Crippen molar-refractivity contribution < 1.29 is 9.59 Å². The van der Waals surface area contributed by atoms with Crippen LogP contribution in [-0.2, 0) is 9.59 Å². The van der Waals surface area contributed by atoms with Crippen molar-refractivity contribution in [3.05, 3.63) is 34.9 Å².